The summed E-state index contributed by atoms with van der Waals surface area (Å²) in [5, 5.41) is 0.653. The highest BCUT2D eigenvalue weighted by atomic mass is 35.5. The molecule has 2 nitrogen and oxygen atoms in total. The predicted molar refractivity (Wildman–Crippen MR) is 66.4 cm³/mol. The molecule has 0 aliphatic heterocycles. The van der Waals surface area contributed by atoms with Crippen molar-refractivity contribution in [3.8, 4) is 0 Å². The Bertz CT molecular complexity index is 400. The molecule has 0 saturated carbocycles. The van der Waals surface area contributed by atoms with Gasteiger partial charge in [0, 0.05) is 5.02 Å². The Morgan fingerprint density at radius 1 is 1.25 bits per heavy atom. The Kier molecular flexibility index (Phi) is 4.56. The normalized spacial score (nSPS) is 9.75. The van der Waals surface area contributed by atoms with Gasteiger partial charge in [-0.25, -0.2) is 4.79 Å². The van der Waals surface area contributed by atoms with E-state index in [1.165, 1.54) is 0 Å². The standard InChI is InChI=1S/C13H15ClO2/c1-4-16-13(15)12(9(2)3)10-5-7-11(14)8-6-10/h5-8H,4H2,1-3H3. The number of allylic oxidation sites excluding steroid dienone is 1. The first-order valence-corrected chi connectivity index (χ1v) is 5.54. The molecule has 0 saturated heterocycles. The second-order valence-corrected chi connectivity index (χ2v) is 4.04. The summed E-state index contributed by atoms with van der Waals surface area (Å²) >= 11 is 5.80. The van der Waals surface area contributed by atoms with Crippen LogP contribution in [0.25, 0.3) is 5.57 Å². The zero-order valence-electron chi connectivity index (χ0n) is 9.71. The average molecular weight is 239 g/mol. The molecule has 0 N–H and O–H groups in total. The van der Waals surface area contributed by atoms with E-state index >= 15 is 0 Å². The molecule has 0 atom stereocenters. The van der Waals surface area contributed by atoms with Gasteiger partial charge in [0.1, 0.15) is 0 Å². The van der Waals surface area contributed by atoms with Crippen LogP contribution in [0.2, 0.25) is 5.02 Å². The van der Waals surface area contributed by atoms with E-state index in [4.69, 9.17) is 16.3 Å². The van der Waals surface area contributed by atoms with Gasteiger partial charge in [-0.1, -0.05) is 29.3 Å². The summed E-state index contributed by atoms with van der Waals surface area (Å²) in [7, 11) is 0. The fourth-order valence-corrected chi connectivity index (χ4v) is 1.56. The number of rotatable bonds is 3. The van der Waals surface area contributed by atoms with Gasteiger partial charge in [-0.15, -0.1) is 0 Å². The lowest BCUT2D eigenvalue weighted by molar-refractivity contribution is -0.136. The summed E-state index contributed by atoms with van der Waals surface area (Å²) in [5.74, 6) is -0.287. The van der Waals surface area contributed by atoms with E-state index in [1.54, 1.807) is 19.1 Å². The summed E-state index contributed by atoms with van der Waals surface area (Å²) in [6, 6.07) is 7.17. The number of hydrogen-bond acceptors (Lipinski definition) is 2. The molecule has 0 radical (unpaired) electrons. The molecule has 0 amide bonds. The molecule has 0 bridgehead atoms. The third kappa shape index (κ3) is 3.11. The zero-order chi connectivity index (χ0) is 12.1. The molecule has 0 heterocycles. The van der Waals surface area contributed by atoms with Gasteiger partial charge in [-0.3, -0.25) is 0 Å². The van der Waals surface area contributed by atoms with Crippen LogP contribution in [0.1, 0.15) is 26.3 Å². The second-order valence-electron chi connectivity index (χ2n) is 3.60. The Morgan fingerprint density at radius 3 is 2.25 bits per heavy atom. The SMILES string of the molecule is CCOC(=O)C(=C(C)C)c1ccc(Cl)cc1. The summed E-state index contributed by atoms with van der Waals surface area (Å²) < 4.78 is 5.02. The third-order valence-electron chi connectivity index (χ3n) is 2.11. The minimum absolute atomic E-state index is 0.287. The van der Waals surface area contributed by atoms with Crippen LogP contribution >= 0.6 is 11.6 Å². The van der Waals surface area contributed by atoms with E-state index in [2.05, 4.69) is 0 Å². The van der Waals surface area contributed by atoms with Crippen LogP contribution in [-0.2, 0) is 9.53 Å². The van der Waals surface area contributed by atoms with Crippen molar-refractivity contribution in [2.24, 2.45) is 0 Å². The van der Waals surface area contributed by atoms with Gasteiger partial charge in [-0.2, -0.15) is 0 Å². The van der Waals surface area contributed by atoms with Gasteiger partial charge >= 0.3 is 5.97 Å². The smallest absolute Gasteiger partial charge is 0.338 e. The Morgan fingerprint density at radius 2 is 1.81 bits per heavy atom. The van der Waals surface area contributed by atoms with Gasteiger partial charge < -0.3 is 4.74 Å². The van der Waals surface area contributed by atoms with Crippen molar-refractivity contribution < 1.29 is 9.53 Å². The first-order valence-electron chi connectivity index (χ1n) is 5.16. The molecule has 0 aliphatic rings. The number of hydrogen-bond donors (Lipinski definition) is 0. The molecule has 0 aromatic heterocycles. The third-order valence-corrected chi connectivity index (χ3v) is 2.36. The van der Waals surface area contributed by atoms with Crippen molar-refractivity contribution in [1.29, 1.82) is 0 Å². The average Bonchev–Trinajstić information content (AvgIpc) is 2.21. The maximum Gasteiger partial charge on any atom is 0.338 e. The minimum atomic E-state index is -0.287. The molecule has 1 rings (SSSR count). The fraction of sp³-hybridized carbons (Fsp3) is 0.308. The van der Waals surface area contributed by atoms with E-state index < -0.39 is 0 Å². The van der Waals surface area contributed by atoms with Crippen molar-refractivity contribution in [3.63, 3.8) is 0 Å². The topological polar surface area (TPSA) is 26.3 Å². The molecule has 16 heavy (non-hydrogen) atoms. The molecule has 3 heteroatoms. The molecule has 0 aliphatic carbocycles. The van der Waals surface area contributed by atoms with E-state index in [1.807, 2.05) is 26.0 Å². The fourth-order valence-electron chi connectivity index (χ4n) is 1.43. The lowest BCUT2D eigenvalue weighted by atomic mass is 10.0. The zero-order valence-corrected chi connectivity index (χ0v) is 10.5. The molecule has 1 aromatic carbocycles. The van der Waals surface area contributed by atoms with Crippen molar-refractivity contribution in [2.45, 2.75) is 20.8 Å². The van der Waals surface area contributed by atoms with Crippen LogP contribution in [0.4, 0.5) is 0 Å². The minimum Gasteiger partial charge on any atom is -0.462 e. The van der Waals surface area contributed by atoms with E-state index in [0.717, 1.165) is 11.1 Å². The Balaban J connectivity index is 3.10. The molecule has 0 fully saturated rings. The summed E-state index contributed by atoms with van der Waals surface area (Å²) in [6.07, 6.45) is 0. The first-order chi connectivity index (χ1) is 7.56. The molecule has 86 valence electrons. The predicted octanol–water partition coefficient (Wildman–Crippen LogP) is 3.70. The quantitative estimate of drug-likeness (QED) is 0.593. The van der Waals surface area contributed by atoms with E-state index in [9.17, 15) is 4.79 Å². The number of benzene rings is 1. The van der Waals surface area contributed by atoms with Crippen molar-refractivity contribution in [1.82, 2.24) is 0 Å². The van der Waals surface area contributed by atoms with Crippen LogP contribution in [0.3, 0.4) is 0 Å². The number of carbonyl (C=O) groups is 1. The van der Waals surface area contributed by atoms with Crippen LogP contribution in [-0.4, -0.2) is 12.6 Å². The molecular formula is C13H15ClO2. The van der Waals surface area contributed by atoms with Gasteiger partial charge in [-0.05, 0) is 38.5 Å². The number of ether oxygens (including phenoxy) is 1. The Hall–Kier alpha value is -1.28. The number of carbonyl (C=O) groups excluding carboxylic acids is 1. The molecule has 1 aromatic rings. The lowest BCUT2D eigenvalue weighted by Crippen LogP contribution is -2.08. The monoisotopic (exact) mass is 238 g/mol. The van der Waals surface area contributed by atoms with Gasteiger partial charge in [0.25, 0.3) is 0 Å². The molecular weight excluding hydrogens is 224 g/mol. The van der Waals surface area contributed by atoms with E-state index in [-0.39, 0.29) is 5.97 Å². The van der Waals surface area contributed by atoms with Crippen molar-refractivity contribution in [2.75, 3.05) is 6.61 Å². The van der Waals surface area contributed by atoms with Crippen LogP contribution < -0.4 is 0 Å². The molecule has 0 spiro atoms. The maximum absolute atomic E-state index is 11.8. The largest absolute Gasteiger partial charge is 0.462 e. The van der Waals surface area contributed by atoms with Crippen LogP contribution in [0.5, 0.6) is 0 Å². The summed E-state index contributed by atoms with van der Waals surface area (Å²) in [6.45, 7) is 5.95. The van der Waals surface area contributed by atoms with Crippen LogP contribution in [0, 0.1) is 0 Å². The maximum atomic E-state index is 11.8. The summed E-state index contributed by atoms with van der Waals surface area (Å²) in [4.78, 5) is 11.8. The lowest BCUT2D eigenvalue weighted by Gasteiger charge is -2.09. The van der Waals surface area contributed by atoms with Crippen LogP contribution in [0.15, 0.2) is 29.8 Å². The molecule has 0 unspecified atom stereocenters. The second kappa shape index (κ2) is 5.71. The highest BCUT2D eigenvalue weighted by molar-refractivity contribution is 6.30. The van der Waals surface area contributed by atoms with Crippen molar-refractivity contribution >= 4 is 23.1 Å². The van der Waals surface area contributed by atoms with E-state index in [0.29, 0.717) is 17.2 Å². The van der Waals surface area contributed by atoms with Gasteiger partial charge in [0.05, 0.1) is 12.2 Å². The number of halogens is 1. The number of esters is 1. The Labute approximate surface area is 101 Å². The van der Waals surface area contributed by atoms with Crippen molar-refractivity contribution in [3.05, 3.63) is 40.4 Å². The highest BCUT2D eigenvalue weighted by Crippen LogP contribution is 2.22. The van der Waals surface area contributed by atoms with Gasteiger partial charge in [0.2, 0.25) is 0 Å². The first kappa shape index (κ1) is 12.8. The van der Waals surface area contributed by atoms with Gasteiger partial charge in [0.15, 0.2) is 0 Å². The highest BCUT2D eigenvalue weighted by Gasteiger charge is 2.14. The summed E-state index contributed by atoms with van der Waals surface area (Å²) in [5.41, 5.74) is 2.38.